The number of rotatable bonds is 2. The van der Waals surface area contributed by atoms with E-state index >= 15 is 0 Å². The molecule has 0 radical (unpaired) electrons. The van der Waals surface area contributed by atoms with Gasteiger partial charge in [-0.1, -0.05) is 0 Å². The summed E-state index contributed by atoms with van der Waals surface area (Å²) in [7, 11) is 1.46. The van der Waals surface area contributed by atoms with Crippen molar-refractivity contribution in [1.29, 1.82) is 0 Å². The predicted molar refractivity (Wildman–Crippen MR) is 69.2 cm³/mol. The van der Waals surface area contributed by atoms with Gasteiger partial charge in [-0.05, 0) is 32.6 Å². The van der Waals surface area contributed by atoms with Crippen LogP contribution in [0.2, 0.25) is 0 Å². The number of hydrogen-bond acceptors (Lipinski definition) is 4. The van der Waals surface area contributed by atoms with Crippen LogP contribution in [-0.2, 0) is 14.4 Å². The highest BCUT2D eigenvalue weighted by molar-refractivity contribution is 6.01. The van der Waals surface area contributed by atoms with Gasteiger partial charge in [-0.15, -0.1) is 0 Å². The van der Waals surface area contributed by atoms with E-state index in [1.807, 2.05) is 0 Å². The van der Waals surface area contributed by atoms with Gasteiger partial charge in [-0.2, -0.15) is 0 Å². The van der Waals surface area contributed by atoms with Crippen LogP contribution in [0.15, 0.2) is 0 Å². The minimum atomic E-state index is -0.561. The molecule has 3 atom stereocenters. The molecular weight excluding hydrogens is 246 g/mol. The number of imide groups is 1. The maximum absolute atomic E-state index is 12.1. The Morgan fingerprint density at radius 2 is 2.05 bits per heavy atom. The summed E-state index contributed by atoms with van der Waals surface area (Å²) in [6.07, 6.45) is 3.59. The highest BCUT2D eigenvalue weighted by atomic mass is 16.2. The van der Waals surface area contributed by atoms with Crippen LogP contribution >= 0.6 is 0 Å². The summed E-state index contributed by atoms with van der Waals surface area (Å²) in [5.74, 6) is -0.624. The number of piperidine rings is 2. The first-order chi connectivity index (χ1) is 8.99. The van der Waals surface area contributed by atoms with Crippen molar-refractivity contribution in [3.05, 3.63) is 0 Å². The molecule has 2 saturated heterocycles. The lowest BCUT2D eigenvalue weighted by Gasteiger charge is -2.32. The number of carbonyl (C=O) groups is 3. The summed E-state index contributed by atoms with van der Waals surface area (Å²) in [5.41, 5.74) is 0. The fraction of sp³-hybridized carbons (Fsp3) is 0.769. The molecule has 3 amide bonds. The van der Waals surface area contributed by atoms with Crippen molar-refractivity contribution < 1.29 is 14.4 Å². The summed E-state index contributed by atoms with van der Waals surface area (Å²) in [6, 6.07) is -0.454. The van der Waals surface area contributed by atoms with Crippen LogP contribution in [-0.4, -0.2) is 47.8 Å². The Kier molecular flexibility index (Phi) is 4.19. The first-order valence-electron chi connectivity index (χ1n) is 6.86. The van der Waals surface area contributed by atoms with E-state index in [4.69, 9.17) is 0 Å². The second kappa shape index (κ2) is 5.69. The van der Waals surface area contributed by atoms with Crippen molar-refractivity contribution in [2.75, 3.05) is 7.05 Å². The number of amides is 3. The molecule has 106 valence electrons. The standard InChI is InChI=1S/C13H21N3O3/c1-8-4-3-5-9(14-8)12(18)15-10-6-7-11(17)16(2)13(10)19/h8-10,14H,3-7H2,1-2H3,(H,15,18). The molecule has 0 spiro atoms. The molecule has 2 aliphatic heterocycles. The fourth-order valence-electron chi connectivity index (χ4n) is 2.67. The highest BCUT2D eigenvalue weighted by Gasteiger charge is 2.34. The molecule has 3 unspecified atom stereocenters. The molecule has 0 aromatic rings. The SMILES string of the molecule is CC1CCCC(C(=O)NC2CCC(=O)N(C)C2=O)N1. The molecule has 0 aromatic carbocycles. The van der Waals surface area contributed by atoms with E-state index in [2.05, 4.69) is 17.6 Å². The maximum atomic E-state index is 12.1. The molecule has 2 N–H and O–H groups in total. The number of carbonyl (C=O) groups excluding carboxylic acids is 3. The van der Waals surface area contributed by atoms with Crippen LogP contribution < -0.4 is 10.6 Å². The van der Waals surface area contributed by atoms with Crippen LogP contribution in [0.4, 0.5) is 0 Å². The summed E-state index contributed by atoms with van der Waals surface area (Å²) < 4.78 is 0. The van der Waals surface area contributed by atoms with Gasteiger partial charge in [0.2, 0.25) is 11.8 Å². The lowest BCUT2D eigenvalue weighted by Crippen LogP contribution is -2.57. The first kappa shape index (κ1) is 14.0. The van der Waals surface area contributed by atoms with Crippen LogP contribution in [0.5, 0.6) is 0 Å². The Hall–Kier alpha value is -1.43. The third kappa shape index (κ3) is 3.12. The zero-order valence-electron chi connectivity index (χ0n) is 11.4. The van der Waals surface area contributed by atoms with Gasteiger partial charge in [0.1, 0.15) is 6.04 Å². The van der Waals surface area contributed by atoms with Crippen LogP contribution in [0, 0.1) is 0 Å². The Bertz CT molecular complexity index is 397. The van der Waals surface area contributed by atoms with E-state index in [1.165, 1.54) is 7.05 Å². The van der Waals surface area contributed by atoms with Gasteiger partial charge < -0.3 is 10.6 Å². The quantitative estimate of drug-likeness (QED) is 0.678. The lowest BCUT2D eigenvalue weighted by molar-refractivity contribution is -0.149. The Morgan fingerprint density at radius 3 is 2.74 bits per heavy atom. The Labute approximate surface area is 112 Å². The number of nitrogens with one attached hydrogen (secondary N) is 2. The molecule has 2 heterocycles. The van der Waals surface area contributed by atoms with Gasteiger partial charge in [0.25, 0.3) is 5.91 Å². The van der Waals surface area contributed by atoms with Crippen molar-refractivity contribution in [2.45, 2.75) is 57.2 Å². The van der Waals surface area contributed by atoms with E-state index < -0.39 is 6.04 Å². The summed E-state index contributed by atoms with van der Waals surface area (Å²) in [4.78, 5) is 36.5. The average Bonchev–Trinajstić information content (AvgIpc) is 2.39. The summed E-state index contributed by atoms with van der Waals surface area (Å²) in [5, 5.41) is 6.00. The van der Waals surface area contributed by atoms with Crippen molar-refractivity contribution in [2.24, 2.45) is 0 Å². The number of likely N-dealkylation sites (tertiary alicyclic amines) is 1. The monoisotopic (exact) mass is 267 g/mol. The van der Waals surface area contributed by atoms with Crippen molar-refractivity contribution >= 4 is 17.7 Å². The molecule has 0 aliphatic carbocycles. The molecule has 2 aliphatic rings. The lowest BCUT2D eigenvalue weighted by atomic mass is 9.98. The van der Waals surface area contributed by atoms with E-state index in [1.54, 1.807) is 0 Å². The predicted octanol–water partition coefficient (Wildman–Crippen LogP) is -0.219. The molecule has 19 heavy (non-hydrogen) atoms. The van der Waals surface area contributed by atoms with Crippen LogP contribution in [0.1, 0.15) is 39.0 Å². The van der Waals surface area contributed by atoms with E-state index in [9.17, 15) is 14.4 Å². The first-order valence-corrected chi connectivity index (χ1v) is 6.86. The minimum Gasteiger partial charge on any atom is -0.343 e. The summed E-state index contributed by atoms with van der Waals surface area (Å²) >= 11 is 0. The van der Waals surface area contributed by atoms with Crippen molar-refractivity contribution in [3.63, 3.8) is 0 Å². The third-order valence-electron chi connectivity index (χ3n) is 3.90. The van der Waals surface area contributed by atoms with Crippen molar-refractivity contribution in [1.82, 2.24) is 15.5 Å². The van der Waals surface area contributed by atoms with Crippen LogP contribution in [0.3, 0.4) is 0 Å². The molecule has 0 aromatic heterocycles. The highest BCUT2D eigenvalue weighted by Crippen LogP contribution is 2.15. The molecular formula is C13H21N3O3. The van der Waals surface area contributed by atoms with Gasteiger partial charge in [0, 0.05) is 19.5 Å². The van der Waals surface area contributed by atoms with Gasteiger partial charge in [0.05, 0.1) is 6.04 Å². The number of nitrogens with zero attached hydrogens (tertiary/aromatic N) is 1. The van der Waals surface area contributed by atoms with E-state index in [-0.39, 0.29) is 23.8 Å². The average molecular weight is 267 g/mol. The molecule has 0 bridgehead atoms. The number of hydrogen-bond donors (Lipinski definition) is 2. The van der Waals surface area contributed by atoms with Crippen molar-refractivity contribution in [3.8, 4) is 0 Å². The Balaban J connectivity index is 1.91. The third-order valence-corrected chi connectivity index (χ3v) is 3.90. The summed E-state index contributed by atoms with van der Waals surface area (Å²) in [6.45, 7) is 2.05. The van der Waals surface area contributed by atoms with Gasteiger partial charge >= 0.3 is 0 Å². The fourth-order valence-corrected chi connectivity index (χ4v) is 2.67. The number of likely N-dealkylation sites (N-methyl/N-ethyl adjacent to an activating group) is 1. The smallest absolute Gasteiger partial charge is 0.251 e. The largest absolute Gasteiger partial charge is 0.343 e. The minimum absolute atomic E-state index is 0.132. The Morgan fingerprint density at radius 1 is 1.32 bits per heavy atom. The molecule has 2 fully saturated rings. The van der Waals surface area contributed by atoms with Gasteiger partial charge in [-0.25, -0.2) is 0 Å². The molecule has 0 saturated carbocycles. The van der Waals surface area contributed by atoms with Gasteiger partial charge in [-0.3, -0.25) is 19.3 Å². The molecule has 6 heteroatoms. The second-order valence-corrected chi connectivity index (χ2v) is 5.44. The normalized spacial score (nSPS) is 32.3. The van der Waals surface area contributed by atoms with E-state index in [0.717, 1.165) is 24.2 Å². The molecule has 6 nitrogen and oxygen atoms in total. The molecule has 2 rings (SSSR count). The van der Waals surface area contributed by atoms with Gasteiger partial charge in [0.15, 0.2) is 0 Å². The van der Waals surface area contributed by atoms with Crippen LogP contribution in [0.25, 0.3) is 0 Å². The maximum Gasteiger partial charge on any atom is 0.251 e. The van der Waals surface area contributed by atoms with E-state index in [0.29, 0.717) is 18.9 Å². The topological polar surface area (TPSA) is 78.5 Å². The zero-order chi connectivity index (χ0) is 14.0. The zero-order valence-corrected chi connectivity index (χ0v) is 11.4. The second-order valence-electron chi connectivity index (χ2n) is 5.44.